The third-order valence-electron chi connectivity index (χ3n) is 8.21. The lowest BCUT2D eigenvalue weighted by atomic mass is 9.63. The van der Waals surface area contributed by atoms with Crippen molar-refractivity contribution in [3.8, 4) is 0 Å². The molecule has 1 aromatic heterocycles. The van der Waals surface area contributed by atoms with Gasteiger partial charge in [-0.15, -0.1) is 0 Å². The van der Waals surface area contributed by atoms with E-state index in [1.54, 1.807) is 6.33 Å². The average molecular weight is 574 g/mol. The molecule has 1 atom stereocenters. The maximum Gasteiger partial charge on any atom is 0.312 e. The Morgan fingerprint density at radius 2 is 1.92 bits per heavy atom. The number of carbonyl (C=O) groups is 2. The molecule has 2 heterocycles. The Balaban J connectivity index is 1.42. The molecule has 1 aliphatic carbocycles. The molecule has 10 heteroatoms. The van der Waals surface area contributed by atoms with Crippen LogP contribution in [0.2, 0.25) is 5.02 Å². The number of amides is 1. The summed E-state index contributed by atoms with van der Waals surface area (Å²) in [6.45, 7) is 3.92. The van der Waals surface area contributed by atoms with Gasteiger partial charge in [-0.2, -0.15) is 0 Å². The van der Waals surface area contributed by atoms with E-state index in [0.29, 0.717) is 68.0 Å². The van der Waals surface area contributed by atoms with E-state index in [9.17, 15) is 9.59 Å². The number of hydrogen-bond acceptors (Lipinski definition) is 5. The van der Waals surface area contributed by atoms with Gasteiger partial charge in [-0.1, -0.05) is 43.0 Å². The van der Waals surface area contributed by atoms with E-state index in [1.807, 2.05) is 42.3 Å². The second-order valence-electron chi connectivity index (χ2n) is 10.6. The number of aromatic amines is 1. The molecule has 39 heavy (non-hydrogen) atoms. The summed E-state index contributed by atoms with van der Waals surface area (Å²) in [6.07, 6.45) is 11.6. The number of H-pyrrole nitrogens is 1. The number of carbonyl (C=O) groups excluding carboxylic acids is 2. The van der Waals surface area contributed by atoms with Gasteiger partial charge in [-0.05, 0) is 68.4 Å². The highest BCUT2D eigenvalue weighted by atomic mass is 35.5. The quantitative estimate of drug-likeness (QED) is 0.285. The monoisotopic (exact) mass is 573 g/mol. The Morgan fingerprint density at radius 3 is 2.56 bits per heavy atom. The minimum absolute atomic E-state index is 0.0116. The molecule has 0 radical (unpaired) electrons. The summed E-state index contributed by atoms with van der Waals surface area (Å²) >= 11 is 11.7. The summed E-state index contributed by atoms with van der Waals surface area (Å²) in [4.78, 5) is 36.2. The van der Waals surface area contributed by atoms with E-state index in [4.69, 9.17) is 28.6 Å². The number of thiocarbonyl (C=S) groups is 1. The number of nitrogens with zero attached hydrogens (tertiary/aromatic N) is 2. The number of likely N-dealkylation sites (tertiary alicyclic amines) is 1. The van der Waals surface area contributed by atoms with Gasteiger partial charge in [0.05, 0.1) is 24.0 Å². The molecular formula is C29H40ClN5O3S. The zero-order valence-corrected chi connectivity index (χ0v) is 24.3. The largest absolute Gasteiger partial charge is 0.466 e. The van der Waals surface area contributed by atoms with Crippen molar-refractivity contribution in [3.63, 3.8) is 0 Å². The molecule has 212 valence electrons. The Kier molecular flexibility index (Phi) is 10.6. The summed E-state index contributed by atoms with van der Waals surface area (Å²) in [5, 5.41) is 7.54. The fourth-order valence-corrected chi connectivity index (χ4v) is 6.42. The minimum Gasteiger partial charge on any atom is -0.466 e. The molecule has 2 aromatic rings. The smallest absolute Gasteiger partial charge is 0.312 e. The van der Waals surface area contributed by atoms with Gasteiger partial charge < -0.3 is 25.3 Å². The molecule has 1 aliphatic heterocycles. The number of hydrogen-bond donors (Lipinski definition) is 3. The molecule has 4 rings (SSSR count). The highest BCUT2D eigenvalue weighted by Crippen LogP contribution is 2.47. The standard InChI is InChI=1S/C29H40ClN5O3S/c1-2-38-27(37)29(22-6-4-3-5-7-22)13-16-35(17-14-29)26(36)25(18-21-8-10-23(30)11-9-21)34-28(39)32-15-12-24-19-31-20-33-24/h8-11,19-20,22,25H,2-7,12-18H2,1H3,(H,31,33)(H2,32,34,39). The predicted molar refractivity (Wildman–Crippen MR) is 156 cm³/mol. The number of imidazole rings is 1. The number of aromatic nitrogens is 2. The zero-order valence-electron chi connectivity index (χ0n) is 22.7. The lowest BCUT2D eigenvalue weighted by Gasteiger charge is -2.46. The summed E-state index contributed by atoms with van der Waals surface area (Å²) in [5.74, 6) is 0.237. The maximum atomic E-state index is 13.9. The number of ether oxygens (including phenoxy) is 1. The van der Waals surface area contributed by atoms with Crippen LogP contribution in [0.4, 0.5) is 0 Å². The van der Waals surface area contributed by atoms with Crippen LogP contribution < -0.4 is 10.6 Å². The topological polar surface area (TPSA) is 99.4 Å². The molecular weight excluding hydrogens is 534 g/mol. The van der Waals surface area contributed by atoms with Gasteiger partial charge >= 0.3 is 5.97 Å². The molecule has 0 bridgehead atoms. The Labute approximate surface area is 241 Å². The van der Waals surface area contributed by atoms with Gasteiger partial charge in [0.2, 0.25) is 5.91 Å². The molecule has 1 amide bonds. The lowest BCUT2D eigenvalue weighted by Crippen LogP contribution is -2.56. The summed E-state index contributed by atoms with van der Waals surface area (Å²) in [5.41, 5.74) is 1.44. The van der Waals surface area contributed by atoms with Crippen LogP contribution in [0.15, 0.2) is 36.8 Å². The molecule has 1 unspecified atom stereocenters. The van der Waals surface area contributed by atoms with E-state index in [0.717, 1.165) is 36.9 Å². The molecule has 2 aliphatic rings. The molecule has 1 aromatic carbocycles. The lowest BCUT2D eigenvalue weighted by molar-refractivity contribution is -0.166. The first-order valence-electron chi connectivity index (χ1n) is 14.1. The number of benzene rings is 1. The number of rotatable bonds is 10. The van der Waals surface area contributed by atoms with Crippen molar-refractivity contribution < 1.29 is 14.3 Å². The van der Waals surface area contributed by atoms with Gasteiger partial charge in [0.15, 0.2) is 5.11 Å². The van der Waals surface area contributed by atoms with Crippen molar-refractivity contribution >= 4 is 40.8 Å². The third-order valence-corrected chi connectivity index (χ3v) is 8.73. The van der Waals surface area contributed by atoms with Gasteiger partial charge in [-0.3, -0.25) is 9.59 Å². The van der Waals surface area contributed by atoms with Crippen molar-refractivity contribution in [2.75, 3.05) is 26.2 Å². The van der Waals surface area contributed by atoms with Crippen molar-refractivity contribution in [1.29, 1.82) is 0 Å². The van der Waals surface area contributed by atoms with Crippen molar-refractivity contribution in [2.45, 2.75) is 70.8 Å². The SMILES string of the molecule is CCOC(=O)C1(C2CCCCC2)CCN(C(=O)C(Cc2ccc(Cl)cc2)NC(=S)NCCc2c[nH]cn2)CC1. The van der Waals surface area contributed by atoms with Crippen LogP contribution in [0.25, 0.3) is 0 Å². The molecule has 3 N–H and O–H groups in total. The van der Waals surface area contributed by atoms with Crippen LogP contribution in [-0.4, -0.2) is 64.1 Å². The highest BCUT2D eigenvalue weighted by Gasteiger charge is 2.49. The Morgan fingerprint density at radius 1 is 1.21 bits per heavy atom. The second kappa shape index (κ2) is 14.1. The normalized spacial score (nSPS) is 18.3. The number of esters is 1. The summed E-state index contributed by atoms with van der Waals surface area (Å²) in [7, 11) is 0. The molecule has 2 fully saturated rings. The van der Waals surface area contributed by atoms with Crippen LogP contribution in [0.5, 0.6) is 0 Å². The number of nitrogens with one attached hydrogen (secondary N) is 3. The fraction of sp³-hybridized carbons (Fsp3) is 0.586. The number of halogens is 1. The van der Waals surface area contributed by atoms with Crippen LogP contribution in [0.3, 0.4) is 0 Å². The van der Waals surface area contributed by atoms with E-state index in [2.05, 4.69) is 20.6 Å². The molecule has 1 saturated heterocycles. The van der Waals surface area contributed by atoms with Gasteiger partial charge in [0, 0.05) is 43.7 Å². The zero-order chi connectivity index (χ0) is 27.7. The first kappa shape index (κ1) is 29.3. The van der Waals surface area contributed by atoms with E-state index in [-0.39, 0.29) is 11.9 Å². The van der Waals surface area contributed by atoms with Crippen LogP contribution >= 0.6 is 23.8 Å². The van der Waals surface area contributed by atoms with Crippen molar-refractivity contribution in [2.24, 2.45) is 11.3 Å². The molecule has 0 spiro atoms. The molecule has 1 saturated carbocycles. The van der Waals surface area contributed by atoms with Gasteiger partial charge in [0.25, 0.3) is 0 Å². The first-order valence-corrected chi connectivity index (χ1v) is 14.9. The summed E-state index contributed by atoms with van der Waals surface area (Å²) in [6, 6.07) is 6.99. The maximum absolute atomic E-state index is 13.9. The van der Waals surface area contributed by atoms with Crippen LogP contribution in [0.1, 0.15) is 63.1 Å². The fourth-order valence-electron chi connectivity index (χ4n) is 6.05. The third kappa shape index (κ3) is 7.72. The molecule has 8 nitrogen and oxygen atoms in total. The van der Waals surface area contributed by atoms with E-state index >= 15 is 0 Å². The van der Waals surface area contributed by atoms with E-state index < -0.39 is 11.5 Å². The van der Waals surface area contributed by atoms with Gasteiger partial charge in [0.1, 0.15) is 6.04 Å². The average Bonchev–Trinajstić information content (AvgIpc) is 3.48. The van der Waals surface area contributed by atoms with Crippen LogP contribution in [0, 0.1) is 11.3 Å². The predicted octanol–water partition coefficient (Wildman–Crippen LogP) is 4.43. The summed E-state index contributed by atoms with van der Waals surface area (Å²) < 4.78 is 5.59. The van der Waals surface area contributed by atoms with Gasteiger partial charge in [-0.25, -0.2) is 4.98 Å². The Hall–Kier alpha value is -2.65. The van der Waals surface area contributed by atoms with Crippen molar-refractivity contribution in [3.05, 3.63) is 53.1 Å². The number of piperidine rings is 1. The van der Waals surface area contributed by atoms with E-state index in [1.165, 1.54) is 6.42 Å². The second-order valence-corrected chi connectivity index (χ2v) is 11.5. The van der Waals surface area contributed by atoms with Crippen LogP contribution in [-0.2, 0) is 27.2 Å². The first-order chi connectivity index (χ1) is 18.9. The van der Waals surface area contributed by atoms with Crippen molar-refractivity contribution in [1.82, 2.24) is 25.5 Å². The highest BCUT2D eigenvalue weighted by molar-refractivity contribution is 7.80. The minimum atomic E-state index is -0.540. The Bertz CT molecular complexity index is 1080.